The lowest BCUT2D eigenvalue weighted by molar-refractivity contribution is -0.124. The van der Waals surface area contributed by atoms with E-state index in [1.165, 1.54) is 11.3 Å². The highest BCUT2D eigenvalue weighted by Gasteiger charge is 2.23. The van der Waals surface area contributed by atoms with E-state index in [1.807, 2.05) is 18.2 Å². The minimum absolute atomic E-state index is 0.0348. The largest absolute Gasteiger partial charge is 0.369 e. The van der Waals surface area contributed by atoms with Crippen molar-refractivity contribution in [2.45, 2.75) is 18.9 Å². The standard InChI is InChI=1S/C24H29N3O2/c28-24(23-9-5-19-29-23)25-21-10-12-22(13-11-21)27-17-15-26(16-18-27)14-4-8-20-6-2-1-3-7-20/h1-4,6-8,10-13,23H,5,9,14-19H2,(H,25,28)/b8-4+. The van der Waals surface area contributed by atoms with E-state index in [9.17, 15) is 4.79 Å². The molecule has 29 heavy (non-hydrogen) atoms. The van der Waals surface area contributed by atoms with Crippen LogP contribution in [0.2, 0.25) is 0 Å². The number of nitrogens with one attached hydrogen (secondary N) is 1. The summed E-state index contributed by atoms with van der Waals surface area (Å²) < 4.78 is 5.44. The Morgan fingerprint density at radius 3 is 2.48 bits per heavy atom. The Kier molecular flexibility index (Phi) is 6.60. The van der Waals surface area contributed by atoms with Crippen molar-refractivity contribution in [1.29, 1.82) is 0 Å². The van der Waals surface area contributed by atoms with Crippen LogP contribution in [0.3, 0.4) is 0 Å². The van der Waals surface area contributed by atoms with Crippen molar-refractivity contribution in [2.75, 3.05) is 49.5 Å². The van der Waals surface area contributed by atoms with Crippen LogP contribution in [-0.4, -0.2) is 56.2 Å². The third kappa shape index (κ3) is 5.46. The second-order valence-electron chi connectivity index (χ2n) is 7.64. The van der Waals surface area contributed by atoms with Gasteiger partial charge in [0.2, 0.25) is 0 Å². The molecule has 2 aliphatic heterocycles. The first-order chi connectivity index (χ1) is 14.3. The van der Waals surface area contributed by atoms with E-state index in [0.29, 0.717) is 6.61 Å². The van der Waals surface area contributed by atoms with Crippen LogP contribution in [-0.2, 0) is 9.53 Å². The number of nitrogens with zero attached hydrogens (tertiary/aromatic N) is 2. The monoisotopic (exact) mass is 391 g/mol. The summed E-state index contributed by atoms with van der Waals surface area (Å²) in [6.07, 6.45) is 5.92. The number of carbonyl (C=O) groups excluding carboxylic acids is 1. The van der Waals surface area contributed by atoms with Crippen LogP contribution in [0.25, 0.3) is 6.08 Å². The van der Waals surface area contributed by atoms with E-state index in [2.05, 4.69) is 63.7 Å². The number of amides is 1. The zero-order chi connectivity index (χ0) is 19.9. The zero-order valence-electron chi connectivity index (χ0n) is 16.8. The summed E-state index contributed by atoms with van der Waals surface area (Å²) in [6.45, 7) is 5.80. The van der Waals surface area contributed by atoms with Gasteiger partial charge in [-0.25, -0.2) is 0 Å². The van der Waals surface area contributed by atoms with Crippen molar-refractivity contribution >= 4 is 23.4 Å². The van der Waals surface area contributed by atoms with Crippen molar-refractivity contribution in [3.05, 3.63) is 66.2 Å². The van der Waals surface area contributed by atoms with Gasteiger partial charge < -0.3 is 15.0 Å². The molecule has 4 rings (SSSR count). The lowest BCUT2D eigenvalue weighted by Crippen LogP contribution is -2.46. The Morgan fingerprint density at radius 2 is 1.79 bits per heavy atom. The van der Waals surface area contributed by atoms with E-state index in [-0.39, 0.29) is 12.0 Å². The lowest BCUT2D eigenvalue weighted by Gasteiger charge is -2.35. The normalized spacial score (nSPS) is 20.3. The molecule has 0 aliphatic carbocycles. The first-order valence-electron chi connectivity index (χ1n) is 10.5. The molecule has 0 saturated carbocycles. The highest BCUT2D eigenvalue weighted by Crippen LogP contribution is 2.21. The molecule has 1 atom stereocenters. The Bertz CT molecular complexity index is 806. The van der Waals surface area contributed by atoms with Gasteiger partial charge in [0.15, 0.2) is 0 Å². The van der Waals surface area contributed by atoms with E-state index in [4.69, 9.17) is 4.74 Å². The fourth-order valence-corrected chi connectivity index (χ4v) is 3.85. The fourth-order valence-electron chi connectivity index (χ4n) is 3.85. The van der Waals surface area contributed by atoms with E-state index < -0.39 is 0 Å². The molecule has 152 valence electrons. The topological polar surface area (TPSA) is 44.8 Å². The quantitative estimate of drug-likeness (QED) is 0.817. The molecule has 5 nitrogen and oxygen atoms in total. The van der Waals surface area contributed by atoms with Gasteiger partial charge in [0.25, 0.3) is 5.91 Å². The third-order valence-electron chi connectivity index (χ3n) is 5.57. The molecule has 0 spiro atoms. The predicted molar refractivity (Wildman–Crippen MR) is 118 cm³/mol. The predicted octanol–water partition coefficient (Wildman–Crippen LogP) is 3.64. The summed E-state index contributed by atoms with van der Waals surface area (Å²) in [5.74, 6) is -0.0348. The summed E-state index contributed by atoms with van der Waals surface area (Å²) in [7, 11) is 0. The lowest BCUT2D eigenvalue weighted by atomic mass is 10.2. The van der Waals surface area contributed by atoms with E-state index in [1.54, 1.807) is 0 Å². The van der Waals surface area contributed by atoms with Crippen LogP contribution >= 0.6 is 0 Å². The number of piperazine rings is 1. The van der Waals surface area contributed by atoms with Gasteiger partial charge in [-0.3, -0.25) is 9.69 Å². The summed E-state index contributed by atoms with van der Waals surface area (Å²) in [4.78, 5) is 17.0. The highest BCUT2D eigenvalue weighted by atomic mass is 16.5. The molecule has 0 aromatic heterocycles. The smallest absolute Gasteiger partial charge is 0.253 e. The summed E-state index contributed by atoms with van der Waals surface area (Å²) in [6, 6.07) is 18.6. The van der Waals surface area contributed by atoms with E-state index in [0.717, 1.165) is 51.3 Å². The van der Waals surface area contributed by atoms with Gasteiger partial charge in [-0.2, -0.15) is 0 Å². The second kappa shape index (κ2) is 9.72. The SMILES string of the molecule is O=C(Nc1ccc(N2CCN(C/C=C/c3ccccc3)CC2)cc1)C1CCCO1. The van der Waals surface area contributed by atoms with Crippen LogP contribution in [0, 0.1) is 0 Å². The Balaban J connectivity index is 1.23. The first-order valence-corrected chi connectivity index (χ1v) is 10.5. The van der Waals surface area contributed by atoms with Gasteiger partial charge in [-0.15, -0.1) is 0 Å². The molecule has 1 amide bonds. The Hall–Kier alpha value is -2.63. The molecule has 2 heterocycles. The van der Waals surface area contributed by atoms with Crippen molar-refractivity contribution < 1.29 is 9.53 Å². The molecule has 2 aromatic carbocycles. The average Bonchev–Trinajstić information content (AvgIpc) is 3.31. The molecule has 5 heteroatoms. The van der Waals surface area contributed by atoms with Crippen LogP contribution in [0.15, 0.2) is 60.7 Å². The van der Waals surface area contributed by atoms with Gasteiger partial charge in [0, 0.05) is 50.7 Å². The highest BCUT2D eigenvalue weighted by molar-refractivity contribution is 5.94. The molecule has 0 radical (unpaired) electrons. The zero-order valence-corrected chi connectivity index (χ0v) is 16.8. The number of hydrogen-bond acceptors (Lipinski definition) is 4. The maximum atomic E-state index is 12.2. The molecule has 2 saturated heterocycles. The number of ether oxygens (including phenoxy) is 1. The number of carbonyl (C=O) groups is 1. The molecule has 1 unspecified atom stereocenters. The van der Waals surface area contributed by atoms with Gasteiger partial charge >= 0.3 is 0 Å². The molecular weight excluding hydrogens is 362 g/mol. The number of rotatable bonds is 6. The molecule has 2 fully saturated rings. The van der Waals surface area contributed by atoms with E-state index >= 15 is 0 Å². The second-order valence-corrected chi connectivity index (χ2v) is 7.64. The average molecular weight is 392 g/mol. The van der Waals surface area contributed by atoms with Gasteiger partial charge in [0.05, 0.1) is 0 Å². The van der Waals surface area contributed by atoms with Crippen molar-refractivity contribution in [1.82, 2.24) is 4.90 Å². The van der Waals surface area contributed by atoms with Crippen molar-refractivity contribution in [3.8, 4) is 0 Å². The van der Waals surface area contributed by atoms with Gasteiger partial charge in [-0.1, -0.05) is 42.5 Å². The maximum Gasteiger partial charge on any atom is 0.253 e. The first kappa shape index (κ1) is 19.7. The van der Waals surface area contributed by atoms with Crippen LogP contribution in [0.4, 0.5) is 11.4 Å². The summed E-state index contributed by atoms with van der Waals surface area (Å²) >= 11 is 0. The molecule has 2 aliphatic rings. The minimum atomic E-state index is -0.293. The van der Waals surface area contributed by atoms with Crippen LogP contribution < -0.4 is 10.2 Å². The molecule has 2 aromatic rings. The van der Waals surface area contributed by atoms with Crippen LogP contribution in [0.1, 0.15) is 18.4 Å². The molecular formula is C24H29N3O2. The van der Waals surface area contributed by atoms with Gasteiger partial charge in [0.1, 0.15) is 6.10 Å². The molecule has 1 N–H and O–H groups in total. The summed E-state index contributed by atoms with van der Waals surface area (Å²) in [5.41, 5.74) is 3.29. The Morgan fingerprint density at radius 1 is 1.03 bits per heavy atom. The minimum Gasteiger partial charge on any atom is -0.369 e. The number of benzene rings is 2. The number of anilines is 2. The summed E-state index contributed by atoms with van der Waals surface area (Å²) in [5, 5.41) is 2.96. The molecule has 0 bridgehead atoms. The van der Waals surface area contributed by atoms with Crippen molar-refractivity contribution in [2.24, 2.45) is 0 Å². The Labute approximate surface area is 173 Å². The fraction of sp³-hybridized carbons (Fsp3) is 0.375. The number of hydrogen-bond donors (Lipinski definition) is 1. The third-order valence-corrected chi connectivity index (χ3v) is 5.57. The van der Waals surface area contributed by atoms with Crippen molar-refractivity contribution in [3.63, 3.8) is 0 Å². The van der Waals surface area contributed by atoms with Gasteiger partial charge in [-0.05, 0) is 42.7 Å². The van der Waals surface area contributed by atoms with Crippen LogP contribution in [0.5, 0.6) is 0 Å². The maximum absolute atomic E-state index is 12.2.